The van der Waals surface area contributed by atoms with Gasteiger partial charge in [0.05, 0.1) is 6.04 Å². The van der Waals surface area contributed by atoms with Gasteiger partial charge < -0.3 is 10.6 Å². The maximum atomic E-state index is 12.7. The van der Waals surface area contributed by atoms with Gasteiger partial charge in [0.25, 0.3) is 0 Å². The number of piperidine rings is 1. The number of hydrogen-bond donors (Lipinski definition) is 1. The number of rotatable bonds is 6. The van der Waals surface area contributed by atoms with Crippen LogP contribution in [0, 0.1) is 5.92 Å². The minimum Gasteiger partial charge on any atom is -0.341 e. The van der Waals surface area contributed by atoms with Gasteiger partial charge in [0.15, 0.2) is 0 Å². The highest BCUT2D eigenvalue weighted by Gasteiger charge is 2.26. The van der Waals surface area contributed by atoms with Crippen molar-refractivity contribution in [3.05, 3.63) is 82.6 Å². The Hall–Kier alpha value is -2.43. The quantitative estimate of drug-likeness (QED) is 0.643. The molecule has 2 heterocycles. The number of thiophene rings is 1. The Morgan fingerprint density at radius 3 is 2.31 bits per heavy atom. The van der Waals surface area contributed by atoms with E-state index < -0.39 is 6.04 Å². The van der Waals surface area contributed by atoms with Crippen LogP contribution >= 0.6 is 11.3 Å². The van der Waals surface area contributed by atoms with Gasteiger partial charge in [-0.25, -0.2) is 0 Å². The normalized spacial score (nSPS) is 16.0. The number of carbonyl (C=O) groups excluding carboxylic acids is 1. The van der Waals surface area contributed by atoms with Crippen LogP contribution in [0.2, 0.25) is 0 Å². The zero-order valence-corrected chi connectivity index (χ0v) is 17.5. The fraction of sp³-hybridized carbons (Fsp3) is 0.320. The van der Waals surface area contributed by atoms with E-state index in [1.54, 1.807) is 11.3 Å². The van der Waals surface area contributed by atoms with Crippen molar-refractivity contribution in [3.8, 4) is 11.1 Å². The molecule has 1 aliphatic heterocycles. The van der Waals surface area contributed by atoms with Crippen LogP contribution in [-0.4, -0.2) is 29.9 Å². The molecular weight excluding hydrogens is 376 g/mol. The summed E-state index contributed by atoms with van der Waals surface area (Å²) in [5.41, 5.74) is 10.1. The van der Waals surface area contributed by atoms with Crippen LogP contribution in [0.15, 0.2) is 72.1 Å². The van der Waals surface area contributed by atoms with Gasteiger partial charge in [-0.05, 0) is 53.3 Å². The summed E-state index contributed by atoms with van der Waals surface area (Å²) in [6.07, 6.45) is 3.83. The van der Waals surface area contributed by atoms with E-state index in [-0.39, 0.29) is 5.91 Å². The molecule has 0 saturated carbocycles. The summed E-state index contributed by atoms with van der Waals surface area (Å²) < 4.78 is 0. The van der Waals surface area contributed by atoms with E-state index in [0.717, 1.165) is 32.4 Å². The van der Waals surface area contributed by atoms with Crippen molar-refractivity contribution in [2.45, 2.75) is 31.7 Å². The lowest BCUT2D eigenvalue weighted by Gasteiger charge is -2.33. The first-order valence-corrected chi connectivity index (χ1v) is 11.3. The second kappa shape index (κ2) is 9.38. The third-order valence-electron chi connectivity index (χ3n) is 5.83. The summed E-state index contributed by atoms with van der Waals surface area (Å²) in [6.45, 7) is 1.65. The summed E-state index contributed by atoms with van der Waals surface area (Å²) in [5, 5.41) is 2.03. The Balaban J connectivity index is 1.27. The molecule has 1 saturated heterocycles. The van der Waals surface area contributed by atoms with Gasteiger partial charge in [0.1, 0.15) is 0 Å². The van der Waals surface area contributed by atoms with Crippen molar-refractivity contribution in [1.29, 1.82) is 0 Å². The molecule has 0 aliphatic carbocycles. The number of nitrogens with zero attached hydrogens (tertiary/aromatic N) is 1. The minimum absolute atomic E-state index is 0.101. The SMILES string of the molecule is N[C@@H](Cc1cccs1)C(=O)N1CCC(Cc2ccc(-c3ccccc3)cc2)CC1. The third kappa shape index (κ3) is 5.14. The van der Waals surface area contributed by atoms with Crippen LogP contribution in [0.25, 0.3) is 11.1 Å². The van der Waals surface area contributed by atoms with Crippen LogP contribution in [0.4, 0.5) is 0 Å². The van der Waals surface area contributed by atoms with Gasteiger partial charge >= 0.3 is 0 Å². The van der Waals surface area contributed by atoms with E-state index in [1.165, 1.54) is 21.6 Å². The summed E-state index contributed by atoms with van der Waals surface area (Å²) in [5.74, 6) is 0.735. The monoisotopic (exact) mass is 404 g/mol. The van der Waals surface area contributed by atoms with E-state index >= 15 is 0 Å². The summed E-state index contributed by atoms with van der Waals surface area (Å²) in [6, 6.07) is 23.0. The molecule has 0 bridgehead atoms. The van der Waals surface area contributed by atoms with Crippen molar-refractivity contribution >= 4 is 17.2 Å². The maximum Gasteiger partial charge on any atom is 0.239 e. The molecule has 29 heavy (non-hydrogen) atoms. The van der Waals surface area contributed by atoms with Gasteiger partial charge in [-0.1, -0.05) is 60.7 Å². The Labute approximate surface area is 177 Å². The molecule has 3 nitrogen and oxygen atoms in total. The van der Waals surface area contributed by atoms with E-state index in [0.29, 0.717) is 12.3 Å². The molecule has 0 radical (unpaired) electrons. The average Bonchev–Trinajstić information content (AvgIpc) is 3.28. The molecule has 0 spiro atoms. The third-order valence-corrected chi connectivity index (χ3v) is 6.73. The number of likely N-dealkylation sites (tertiary alicyclic amines) is 1. The first-order chi connectivity index (χ1) is 14.2. The lowest BCUT2D eigenvalue weighted by Crippen LogP contribution is -2.48. The second-order valence-electron chi connectivity index (χ2n) is 7.93. The maximum absolute atomic E-state index is 12.7. The Kier molecular flexibility index (Phi) is 6.43. The van der Waals surface area contributed by atoms with Crippen molar-refractivity contribution in [1.82, 2.24) is 4.90 Å². The first kappa shape index (κ1) is 19.9. The predicted molar refractivity (Wildman–Crippen MR) is 121 cm³/mol. The number of benzene rings is 2. The predicted octanol–water partition coefficient (Wildman–Crippen LogP) is 4.77. The largest absolute Gasteiger partial charge is 0.341 e. The summed E-state index contributed by atoms with van der Waals surface area (Å²) >= 11 is 1.67. The highest BCUT2D eigenvalue weighted by atomic mass is 32.1. The Bertz CT molecular complexity index is 898. The van der Waals surface area contributed by atoms with Crippen molar-refractivity contribution < 1.29 is 4.79 Å². The number of amides is 1. The lowest BCUT2D eigenvalue weighted by atomic mass is 9.89. The van der Waals surface area contributed by atoms with Crippen LogP contribution in [0.1, 0.15) is 23.3 Å². The minimum atomic E-state index is -0.421. The van der Waals surface area contributed by atoms with Crippen LogP contribution < -0.4 is 5.73 Å². The molecular formula is C25H28N2OS. The molecule has 1 aromatic heterocycles. The molecule has 0 unspecified atom stereocenters. The van der Waals surface area contributed by atoms with Gasteiger partial charge in [0, 0.05) is 24.4 Å². The molecule has 2 aromatic carbocycles. The topological polar surface area (TPSA) is 46.3 Å². The number of carbonyl (C=O) groups is 1. The van der Waals surface area contributed by atoms with Crippen LogP contribution in [0.3, 0.4) is 0 Å². The highest BCUT2D eigenvalue weighted by molar-refractivity contribution is 7.09. The van der Waals surface area contributed by atoms with Gasteiger partial charge in [-0.3, -0.25) is 4.79 Å². The molecule has 1 atom stereocenters. The van der Waals surface area contributed by atoms with Crippen molar-refractivity contribution in [2.24, 2.45) is 11.7 Å². The molecule has 4 heteroatoms. The van der Waals surface area contributed by atoms with Gasteiger partial charge in [-0.15, -0.1) is 11.3 Å². The second-order valence-corrected chi connectivity index (χ2v) is 8.96. The zero-order valence-electron chi connectivity index (χ0n) is 16.7. The van der Waals surface area contributed by atoms with Crippen molar-refractivity contribution in [2.75, 3.05) is 13.1 Å². The van der Waals surface area contributed by atoms with Gasteiger partial charge in [-0.2, -0.15) is 0 Å². The molecule has 2 N–H and O–H groups in total. The number of hydrogen-bond acceptors (Lipinski definition) is 3. The van der Waals surface area contributed by atoms with Crippen molar-refractivity contribution in [3.63, 3.8) is 0 Å². The van der Waals surface area contributed by atoms with Crippen LogP contribution in [-0.2, 0) is 17.6 Å². The highest BCUT2D eigenvalue weighted by Crippen LogP contribution is 2.25. The van der Waals surface area contributed by atoms with Gasteiger partial charge in [0.2, 0.25) is 5.91 Å². The first-order valence-electron chi connectivity index (χ1n) is 10.4. The molecule has 1 fully saturated rings. The lowest BCUT2D eigenvalue weighted by molar-refractivity contribution is -0.133. The fourth-order valence-electron chi connectivity index (χ4n) is 4.12. The van der Waals surface area contributed by atoms with E-state index in [2.05, 4.69) is 48.5 Å². The molecule has 1 amide bonds. The van der Waals surface area contributed by atoms with E-state index in [1.807, 2.05) is 28.5 Å². The molecule has 150 valence electrons. The summed E-state index contributed by atoms with van der Waals surface area (Å²) in [4.78, 5) is 15.8. The number of nitrogens with two attached hydrogens (primary N) is 1. The summed E-state index contributed by atoms with van der Waals surface area (Å²) in [7, 11) is 0. The Morgan fingerprint density at radius 1 is 0.966 bits per heavy atom. The zero-order chi connectivity index (χ0) is 20.1. The fourth-order valence-corrected chi connectivity index (χ4v) is 4.89. The standard InChI is InChI=1S/C25H28N2OS/c26-24(18-23-7-4-16-29-23)25(28)27-14-12-20(13-15-27)17-19-8-10-22(11-9-19)21-5-2-1-3-6-21/h1-11,16,20,24H,12-15,17-18,26H2/t24-/m0/s1. The molecule has 1 aliphatic rings. The van der Waals surface area contributed by atoms with E-state index in [4.69, 9.17) is 5.73 Å². The molecule has 3 aromatic rings. The Morgan fingerprint density at radius 2 is 1.66 bits per heavy atom. The average molecular weight is 405 g/mol. The molecule has 4 rings (SSSR count). The van der Waals surface area contributed by atoms with Crippen LogP contribution in [0.5, 0.6) is 0 Å². The van der Waals surface area contributed by atoms with E-state index in [9.17, 15) is 4.79 Å². The smallest absolute Gasteiger partial charge is 0.239 e.